The van der Waals surface area contributed by atoms with Gasteiger partial charge in [0.05, 0.1) is 16.9 Å². The van der Waals surface area contributed by atoms with Crippen LogP contribution < -0.4 is 4.90 Å². The molecule has 0 fully saturated rings. The Kier molecular flexibility index (Phi) is 3.39. The smallest absolute Gasteiger partial charge is 0.0595 e. The molecule has 0 aromatic heterocycles. The van der Waals surface area contributed by atoms with E-state index in [1.807, 2.05) is 0 Å². The molecule has 0 N–H and O–H groups in total. The van der Waals surface area contributed by atoms with Gasteiger partial charge in [-0.15, -0.1) is 0 Å². The summed E-state index contributed by atoms with van der Waals surface area (Å²) in [5.41, 5.74) is 5.54. The third-order valence-electron chi connectivity index (χ3n) is 4.34. The van der Waals surface area contributed by atoms with Crippen LogP contribution >= 0.6 is 63.7 Å². The Hall–Kier alpha value is 0.160. The molecule has 0 atom stereocenters. The van der Waals surface area contributed by atoms with E-state index in [9.17, 15) is 0 Å². The van der Waals surface area contributed by atoms with Gasteiger partial charge in [0.25, 0.3) is 0 Å². The minimum Gasteiger partial charge on any atom is -0.333 e. The van der Waals surface area contributed by atoms with Crippen LogP contribution in [0.2, 0.25) is 0 Å². The van der Waals surface area contributed by atoms with E-state index < -0.39 is 0 Å². The summed E-state index contributed by atoms with van der Waals surface area (Å²) in [7, 11) is 0. The molecule has 0 aliphatic carbocycles. The van der Waals surface area contributed by atoms with Gasteiger partial charge in [0.2, 0.25) is 0 Å². The van der Waals surface area contributed by atoms with E-state index in [1.165, 1.54) is 22.5 Å². The Bertz CT molecular complexity index is 723. The first-order valence-corrected chi connectivity index (χ1v) is 9.82. The van der Waals surface area contributed by atoms with Crippen LogP contribution in [-0.2, 0) is 12.8 Å². The van der Waals surface area contributed by atoms with E-state index in [4.69, 9.17) is 0 Å². The van der Waals surface area contributed by atoms with E-state index in [1.54, 1.807) is 0 Å². The number of hydrogen-bond acceptors (Lipinski definition) is 1. The minimum atomic E-state index is 0.122. The van der Waals surface area contributed by atoms with E-state index >= 15 is 0 Å². The minimum absolute atomic E-state index is 0.122. The average molecular weight is 537 g/mol. The summed E-state index contributed by atoms with van der Waals surface area (Å²) in [5.74, 6) is 0. The van der Waals surface area contributed by atoms with Crippen molar-refractivity contribution in [2.24, 2.45) is 0 Å². The maximum Gasteiger partial charge on any atom is 0.0595 e. The first kappa shape index (κ1) is 14.7. The SMILES string of the molecule is CC12Cc3cc(Br)cc(Br)c3N1c1c(Br)cc(Br)cc1C2. The molecular formula is C16H11Br4N. The lowest BCUT2D eigenvalue weighted by Crippen LogP contribution is -2.37. The van der Waals surface area contributed by atoms with Gasteiger partial charge in [0, 0.05) is 17.9 Å². The average Bonchev–Trinajstić information content (AvgIpc) is 2.75. The summed E-state index contributed by atoms with van der Waals surface area (Å²) in [4.78, 5) is 2.50. The van der Waals surface area contributed by atoms with E-state index in [0.29, 0.717) is 0 Å². The van der Waals surface area contributed by atoms with Crippen LogP contribution in [0.3, 0.4) is 0 Å². The molecule has 0 spiro atoms. The largest absolute Gasteiger partial charge is 0.333 e. The van der Waals surface area contributed by atoms with Crippen LogP contribution in [0.25, 0.3) is 0 Å². The molecule has 2 heterocycles. The second-order valence-electron chi connectivity index (χ2n) is 5.98. The molecule has 2 aliphatic heterocycles. The van der Waals surface area contributed by atoms with Crippen molar-refractivity contribution in [1.29, 1.82) is 0 Å². The highest BCUT2D eigenvalue weighted by Crippen LogP contribution is 2.57. The Morgan fingerprint density at radius 3 is 1.67 bits per heavy atom. The van der Waals surface area contributed by atoms with Crippen molar-refractivity contribution >= 4 is 75.1 Å². The fourth-order valence-electron chi connectivity index (χ4n) is 3.70. The number of rotatable bonds is 0. The molecule has 0 amide bonds. The van der Waals surface area contributed by atoms with Crippen LogP contribution in [0.4, 0.5) is 11.4 Å². The molecule has 0 radical (unpaired) electrons. The number of halogens is 4. The normalized spacial score (nSPS) is 17.7. The molecule has 5 heteroatoms. The van der Waals surface area contributed by atoms with Gasteiger partial charge in [-0.3, -0.25) is 0 Å². The first-order chi connectivity index (χ1) is 9.89. The van der Waals surface area contributed by atoms with Crippen molar-refractivity contribution in [3.05, 3.63) is 53.3 Å². The zero-order chi connectivity index (χ0) is 14.9. The lowest BCUT2D eigenvalue weighted by Gasteiger charge is -2.31. The Morgan fingerprint density at radius 1 is 0.810 bits per heavy atom. The predicted molar refractivity (Wildman–Crippen MR) is 102 cm³/mol. The van der Waals surface area contributed by atoms with Gasteiger partial charge >= 0.3 is 0 Å². The molecule has 0 unspecified atom stereocenters. The fourth-order valence-corrected chi connectivity index (χ4v) is 6.68. The van der Waals surface area contributed by atoms with Crippen LogP contribution in [-0.4, -0.2) is 5.54 Å². The van der Waals surface area contributed by atoms with Gasteiger partial charge in [-0.05, 0) is 87.0 Å². The molecular weight excluding hydrogens is 526 g/mol. The van der Waals surface area contributed by atoms with Crippen molar-refractivity contribution in [3.63, 3.8) is 0 Å². The second kappa shape index (κ2) is 4.83. The van der Waals surface area contributed by atoms with Gasteiger partial charge in [0.15, 0.2) is 0 Å². The third kappa shape index (κ3) is 2.11. The summed E-state index contributed by atoms with van der Waals surface area (Å²) in [5, 5.41) is 0. The fraction of sp³-hybridized carbons (Fsp3) is 0.250. The molecule has 2 aromatic rings. The van der Waals surface area contributed by atoms with E-state index in [0.717, 1.165) is 30.7 Å². The van der Waals surface area contributed by atoms with Crippen molar-refractivity contribution in [1.82, 2.24) is 0 Å². The number of benzene rings is 2. The molecule has 2 aromatic carbocycles. The Morgan fingerprint density at radius 2 is 1.24 bits per heavy atom. The Balaban J connectivity index is 2.00. The summed E-state index contributed by atoms with van der Waals surface area (Å²) in [6, 6.07) is 8.76. The van der Waals surface area contributed by atoms with Crippen LogP contribution in [0.5, 0.6) is 0 Å². The zero-order valence-electron chi connectivity index (χ0n) is 11.2. The summed E-state index contributed by atoms with van der Waals surface area (Å²) in [6.07, 6.45) is 2.14. The Labute approximate surface area is 157 Å². The maximum absolute atomic E-state index is 3.75. The maximum atomic E-state index is 3.75. The second-order valence-corrected chi connectivity index (χ2v) is 9.52. The van der Waals surface area contributed by atoms with Gasteiger partial charge in [-0.25, -0.2) is 0 Å². The molecule has 0 saturated carbocycles. The summed E-state index contributed by atoms with van der Waals surface area (Å²) in [6.45, 7) is 2.35. The molecule has 108 valence electrons. The highest BCUT2D eigenvalue weighted by atomic mass is 79.9. The topological polar surface area (TPSA) is 3.24 Å². The van der Waals surface area contributed by atoms with Crippen molar-refractivity contribution in [2.75, 3.05) is 4.90 Å². The van der Waals surface area contributed by atoms with Crippen molar-refractivity contribution < 1.29 is 0 Å². The van der Waals surface area contributed by atoms with Gasteiger partial charge in [-0.2, -0.15) is 0 Å². The van der Waals surface area contributed by atoms with Crippen LogP contribution in [0.15, 0.2) is 42.2 Å². The number of hydrogen-bond donors (Lipinski definition) is 0. The first-order valence-electron chi connectivity index (χ1n) is 6.65. The van der Waals surface area contributed by atoms with Gasteiger partial charge < -0.3 is 4.90 Å². The summed E-state index contributed by atoms with van der Waals surface area (Å²) >= 11 is 14.7. The molecule has 2 aliphatic rings. The lowest BCUT2D eigenvalue weighted by molar-refractivity contribution is 0.506. The zero-order valence-corrected chi connectivity index (χ0v) is 17.5. The molecule has 4 rings (SSSR count). The quantitative estimate of drug-likeness (QED) is 0.360. The lowest BCUT2D eigenvalue weighted by atomic mass is 9.92. The van der Waals surface area contributed by atoms with E-state index in [2.05, 4.69) is 99.8 Å². The third-order valence-corrected chi connectivity index (χ3v) is 6.47. The van der Waals surface area contributed by atoms with Crippen molar-refractivity contribution in [3.8, 4) is 0 Å². The highest BCUT2D eigenvalue weighted by molar-refractivity contribution is 9.11. The highest BCUT2D eigenvalue weighted by Gasteiger charge is 2.48. The summed E-state index contributed by atoms with van der Waals surface area (Å²) < 4.78 is 4.57. The van der Waals surface area contributed by atoms with Gasteiger partial charge in [0.1, 0.15) is 0 Å². The van der Waals surface area contributed by atoms with Gasteiger partial charge in [-0.1, -0.05) is 31.9 Å². The number of nitrogens with zero attached hydrogens (tertiary/aromatic N) is 1. The van der Waals surface area contributed by atoms with E-state index in [-0.39, 0.29) is 5.54 Å². The van der Waals surface area contributed by atoms with Crippen LogP contribution in [0.1, 0.15) is 18.1 Å². The molecule has 0 saturated heterocycles. The predicted octanol–water partition coefficient (Wildman–Crippen LogP) is 6.75. The molecule has 21 heavy (non-hydrogen) atoms. The molecule has 0 bridgehead atoms. The van der Waals surface area contributed by atoms with Crippen LogP contribution in [0, 0.1) is 0 Å². The number of anilines is 2. The monoisotopic (exact) mass is 533 g/mol. The standard InChI is InChI=1S/C16H11Br4N/c1-16-6-8-2-10(17)4-12(19)14(8)21(16)15-9(7-16)3-11(18)5-13(15)20/h2-5H,6-7H2,1H3. The number of fused-ring (bicyclic) bond motifs is 5. The molecule has 1 nitrogen and oxygen atoms in total. The van der Waals surface area contributed by atoms with Crippen molar-refractivity contribution in [2.45, 2.75) is 25.3 Å².